The first kappa shape index (κ1) is 13.3. The summed E-state index contributed by atoms with van der Waals surface area (Å²) in [6.07, 6.45) is 0. The van der Waals surface area contributed by atoms with Gasteiger partial charge in [0.15, 0.2) is 0 Å². The van der Waals surface area contributed by atoms with Gasteiger partial charge < -0.3 is 11.1 Å². The lowest BCUT2D eigenvalue weighted by Crippen LogP contribution is -2.30. The maximum Gasteiger partial charge on any atom is 0.248 e. The molecule has 1 aromatic carbocycles. The molecular weight excluding hydrogens is 268 g/mol. The van der Waals surface area contributed by atoms with Crippen LogP contribution >= 0.6 is 23.5 Å². The van der Waals surface area contributed by atoms with Crippen LogP contribution in [0.5, 0.6) is 0 Å². The van der Waals surface area contributed by atoms with Crippen LogP contribution < -0.4 is 11.1 Å². The van der Waals surface area contributed by atoms with Gasteiger partial charge in [0.05, 0.1) is 5.25 Å². The lowest BCUT2D eigenvalue weighted by Gasteiger charge is -2.20. The first-order valence-corrected chi connectivity index (χ1v) is 7.77. The molecule has 1 heterocycles. The van der Waals surface area contributed by atoms with Gasteiger partial charge >= 0.3 is 0 Å². The van der Waals surface area contributed by atoms with Gasteiger partial charge in [-0.3, -0.25) is 9.59 Å². The summed E-state index contributed by atoms with van der Waals surface area (Å²) in [5.41, 5.74) is 6.22. The summed E-state index contributed by atoms with van der Waals surface area (Å²) < 4.78 is 0. The molecule has 2 rings (SSSR count). The third kappa shape index (κ3) is 3.43. The molecule has 0 bridgehead atoms. The van der Waals surface area contributed by atoms with Gasteiger partial charge in [-0.25, -0.2) is 0 Å². The topological polar surface area (TPSA) is 72.2 Å². The third-order valence-electron chi connectivity index (χ3n) is 2.52. The molecule has 96 valence electrons. The molecule has 1 fully saturated rings. The van der Waals surface area contributed by atoms with Crippen molar-refractivity contribution in [1.82, 2.24) is 0 Å². The molecule has 1 unspecified atom stereocenters. The molecule has 1 aliphatic heterocycles. The third-order valence-corrected chi connectivity index (χ3v) is 5.28. The quantitative estimate of drug-likeness (QED) is 0.882. The number of benzene rings is 1. The summed E-state index contributed by atoms with van der Waals surface area (Å²) in [7, 11) is 0. The molecular formula is C12H14N2O2S2. The van der Waals surface area contributed by atoms with E-state index in [4.69, 9.17) is 5.73 Å². The average molecular weight is 282 g/mol. The van der Waals surface area contributed by atoms with Crippen molar-refractivity contribution in [3.8, 4) is 0 Å². The van der Waals surface area contributed by atoms with Crippen LogP contribution in [0.3, 0.4) is 0 Å². The molecule has 0 radical (unpaired) electrons. The van der Waals surface area contributed by atoms with Crippen LogP contribution in [0, 0.1) is 0 Å². The Balaban J connectivity index is 2.02. The number of carbonyl (C=O) groups excluding carboxylic acids is 2. The highest BCUT2D eigenvalue weighted by atomic mass is 32.2. The minimum absolute atomic E-state index is 0.00572. The normalized spacial score (nSPS) is 19.2. The predicted molar refractivity (Wildman–Crippen MR) is 77.2 cm³/mol. The zero-order valence-electron chi connectivity index (χ0n) is 9.72. The van der Waals surface area contributed by atoms with Crippen molar-refractivity contribution in [3.63, 3.8) is 0 Å². The molecule has 1 saturated heterocycles. The fraction of sp³-hybridized carbons (Fsp3) is 0.333. The molecule has 0 aromatic heterocycles. The number of carbonyl (C=O) groups is 2. The Labute approximate surface area is 114 Å². The van der Waals surface area contributed by atoms with Crippen molar-refractivity contribution in [3.05, 3.63) is 29.8 Å². The summed E-state index contributed by atoms with van der Waals surface area (Å²) in [5, 5.41) is 2.81. The Morgan fingerprint density at radius 3 is 2.83 bits per heavy atom. The van der Waals surface area contributed by atoms with Crippen LogP contribution in [0.15, 0.2) is 24.3 Å². The zero-order chi connectivity index (χ0) is 13.0. The zero-order valence-corrected chi connectivity index (χ0v) is 11.4. The molecule has 0 spiro atoms. The number of anilines is 1. The number of hydrogen-bond donors (Lipinski definition) is 2. The van der Waals surface area contributed by atoms with Gasteiger partial charge in [-0.1, -0.05) is 6.07 Å². The maximum absolute atomic E-state index is 12.0. The predicted octanol–water partition coefficient (Wildman–Crippen LogP) is 1.57. The SMILES string of the molecule is NC(=O)c1cccc(NC(=O)C2CSCCS2)c1. The number of amides is 2. The van der Waals surface area contributed by atoms with Gasteiger partial charge in [-0.15, -0.1) is 11.8 Å². The molecule has 4 nitrogen and oxygen atoms in total. The second-order valence-corrected chi connectivity index (χ2v) is 6.33. The van der Waals surface area contributed by atoms with E-state index >= 15 is 0 Å². The molecule has 1 aliphatic rings. The van der Waals surface area contributed by atoms with Crippen molar-refractivity contribution in [2.24, 2.45) is 5.73 Å². The minimum atomic E-state index is -0.492. The number of hydrogen-bond acceptors (Lipinski definition) is 4. The first-order chi connectivity index (χ1) is 8.66. The van der Waals surface area contributed by atoms with Gasteiger partial charge in [-0.2, -0.15) is 11.8 Å². The highest BCUT2D eigenvalue weighted by Gasteiger charge is 2.22. The van der Waals surface area contributed by atoms with Crippen LogP contribution in [0.4, 0.5) is 5.69 Å². The number of primary amides is 1. The van der Waals surface area contributed by atoms with Gasteiger partial charge in [-0.05, 0) is 18.2 Å². The maximum atomic E-state index is 12.0. The summed E-state index contributed by atoms with van der Waals surface area (Å²) in [6.45, 7) is 0. The Bertz CT molecular complexity index is 459. The summed E-state index contributed by atoms with van der Waals surface area (Å²) >= 11 is 3.47. The van der Waals surface area contributed by atoms with E-state index in [2.05, 4.69) is 5.32 Å². The van der Waals surface area contributed by atoms with Crippen molar-refractivity contribution < 1.29 is 9.59 Å². The molecule has 6 heteroatoms. The van der Waals surface area contributed by atoms with E-state index in [0.717, 1.165) is 17.3 Å². The van der Waals surface area contributed by atoms with Crippen molar-refractivity contribution in [2.75, 3.05) is 22.6 Å². The summed E-state index contributed by atoms with van der Waals surface area (Å²) in [4.78, 5) is 23.0. The molecule has 18 heavy (non-hydrogen) atoms. The number of nitrogens with one attached hydrogen (secondary N) is 1. The van der Waals surface area contributed by atoms with Gasteiger partial charge in [0, 0.05) is 28.5 Å². The van der Waals surface area contributed by atoms with Crippen LogP contribution in [0.25, 0.3) is 0 Å². The summed E-state index contributed by atoms with van der Waals surface area (Å²) in [5.74, 6) is 2.45. The second-order valence-electron chi connectivity index (χ2n) is 3.87. The fourth-order valence-corrected chi connectivity index (χ4v) is 4.17. The largest absolute Gasteiger partial charge is 0.366 e. The molecule has 0 aliphatic carbocycles. The van der Waals surface area contributed by atoms with Crippen LogP contribution in [0.1, 0.15) is 10.4 Å². The van der Waals surface area contributed by atoms with E-state index in [1.165, 1.54) is 0 Å². The lowest BCUT2D eigenvalue weighted by atomic mass is 10.2. The molecule has 3 N–H and O–H groups in total. The van der Waals surface area contributed by atoms with Crippen LogP contribution in [-0.2, 0) is 4.79 Å². The molecule has 2 amide bonds. The van der Waals surface area contributed by atoms with Gasteiger partial charge in [0.25, 0.3) is 0 Å². The van der Waals surface area contributed by atoms with E-state index in [0.29, 0.717) is 11.3 Å². The smallest absolute Gasteiger partial charge is 0.248 e. The second kappa shape index (κ2) is 6.15. The van der Waals surface area contributed by atoms with E-state index in [-0.39, 0.29) is 11.2 Å². The Morgan fingerprint density at radius 1 is 1.33 bits per heavy atom. The van der Waals surface area contributed by atoms with E-state index < -0.39 is 5.91 Å². The van der Waals surface area contributed by atoms with Crippen LogP contribution in [-0.4, -0.2) is 34.3 Å². The number of thioether (sulfide) groups is 2. The lowest BCUT2D eigenvalue weighted by molar-refractivity contribution is -0.115. The van der Waals surface area contributed by atoms with Gasteiger partial charge in [0.1, 0.15) is 0 Å². The number of nitrogens with two attached hydrogens (primary N) is 1. The Hall–Kier alpha value is -1.14. The minimum Gasteiger partial charge on any atom is -0.366 e. The standard InChI is InChI=1S/C12H14N2O2S2/c13-11(15)8-2-1-3-9(6-8)14-12(16)10-7-17-4-5-18-10/h1-3,6,10H,4-5,7H2,(H2,13,15)(H,14,16). The highest BCUT2D eigenvalue weighted by molar-refractivity contribution is 8.07. The highest BCUT2D eigenvalue weighted by Crippen LogP contribution is 2.25. The number of rotatable bonds is 3. The van der Waals surface area contributed by atoms with E-state index in [1.54, 1.807) is 47.8 Å². The van der Waals surface area contributed by atoms with E-state index in [9.17, 15) is 9.59 Å². The van der Waals surface area contributed by atoms with Crippen LogP contribution in [0.2, 0.25) is 0 Å². The average Bonchev–Trinajstić information content (AvgIpc) is 2.40. The molecule has 0 saturated carbocycles. The molecule has 1 atom stereocenters. The Kier molecular flexibility index (Phi) is 4.54. The fourth-order valence-electron chi connectivity index (χ4n) is 1.61. The van der Waals surface area contributed by atoms with Crippen molar-refractivity contribution in [2.45, 2.75) is 5.25 Å². The van der Waals surface area contributed by atoms with Crippen molar-refractivity contribution >= 4 is 41.0 Å². The van der Waals surface area contributed by atoms with Crippen molar-refractivity contribution in [1.29, 1.82) is 0 Å². The van der Waals surface area contributed by atoms with E-state index in [1.807, 2.05) is 0 Å². The monoisotopic (exact) mass is 282 g/mol. The Morgan fingerprint density at radius 2 is 2.17 bits per heavy atom. The van der Waals surface area contributed by atoms with Gasteiger partial charge in [0.2, 0.25) is 11.8 Å². The first-order valence-electron chi connectivity index (χ1n) is 5.57. The molecule has 1 aromatic rings. The summed E-state index contributed by atoms with van der Waals surface area (Å²) in [6, 6.07) is 6.69.